The van der Waals surface area contributed by atoms with Gasteiger partial charge < -0.3 is 8.61 Å². The van der Waals surface area contributed by atoms with Crippen molar-refractivity contribution in [3.63, 3.8) is 0 Å². The van der Waals surface area contributed by atoms with Gasteiger partial charge in [0.25, 0.3) is 8.32 Å². The summed E-state index contributed by atoms with van der Waals surface area (Å²) in [6, 6.07) is 7.60. The zero-order valence-electron chi connectivity index (χ0n) is 19.9. The summed E-state index contributed by atoms with van der Waals surface area (Å²) in [4.78, 5) is 0. The fraction of sp³-hybridized carbons (Fsp3) is 0.652. The highest BCUT2D eigenvalue weighted by Gasteiger charge is 2.51. The van der Waals surface area contributed by atoms with Crippen molar-refractivity contribution < 1.29 is 30.2 Å². The molecule has 1 aliphatic carbocycles. The second-order valence-electron chi connectivity index (χ2n) is 9.89. The normalized spacial score (nSPS) is 20.2. The number of hydrogen-bond donors (Lipinski definition) is 0. The number of allylic oxidation sites excluding steroid dienone is 2. The molecule has 0 heterocycles. The van der Waals surface area contributed by atoms with E-state index < -0.39 is 29.4 Å². The number of halogens is 3. The number of alkyl halides is 3. The SMILES string of the molecule is CC(C)[Si](Oc1cccc(CC2(C)CCC=C2OS(=O)(=O)C(F)(F)F)c1)(C(C)C)C(C)C. The summed E-state index contributed by atoms with van der Waals surface area (Å²) >= 11 is 0. The molecule has 0 aliphatic heterocycles. The Morgan fingerprint density at radius 2 is 1.62 bits per heavy atom. The molecule has 0 N–H and O–H groups in total. The van der Waals surface area contributed by atoms with Gasteiger partial charge in [0.1, 0.15) is 11.5 Å². The van der Waals surface area contributed by atoms with E-state index in [1.807, 2.05) is 24.3 Å². The second-order valence-corrected chi connectivity index (χ2v) is 16.8. The number of hydrogen-bond acceptors (Lipinski definition) is 4. The maximum absolute atomic E-state index is 12.8. The molecule has 0 saturated carbocycles. The maximum atomic E-state index is 12.8. The summed E-state index contributed by atoms with van der Waals surface area (Å²) in [6.45, 7) is 14.9. The Hall–Kier alpha value is -1.48. The van der Waals surface area contributed by atoms with Crippen molar-refractivity contribution >= 4 is 18.4 Å². The van der Waals surface area contributed by atoms with Crippen LogP contribution in [0.15, 0.2) is 36.1 Å². The molecular formula is C23H35F3O4SSi. The van der Waals surface area contributed by atoms with E-state index in [1.165, 1.54) is 6.08 Å². The van der Waals surface area contributed by atoms with Gasteiger partial charge in [0.15, 0.2) is 0 Å². The second kappa shape index (κ2) is 9.41. The largest absolute Gasteiger partial charge is 0.543 e. The van der Waals surface area contributed by atoms with Gasteiger partial charge in [0, 0.05) is 5.41 Å². The highest BCUT2D eigenvalue weighted by molar-refractivity contribution is 7.87. The molecule has 32 heavy (non-hydrogen) atoms. The zero-order valence-corrected chi connectivity index (χ0v) is 21.7. The average Bonchev–Trinajstić information content (AvgIpc) is 2.97. The van der Waals surface area contributed by atoms with Gasteiger partial charge in [0.2, 0.25) is 0 Å². The van der Waals surface area contributed by atoms with E-state index in [1.54, 1.807) is 6.92 Å². The summed E-state index contributed by atoms with van der Waals surface area (Å²) in [6.07, 6.45) is 2.75. The minimum Gasteiger partial charge on any atom is -0.543 e. The summed E-state index contributed by atoms with van der Waals surface area (Å²) in [7, 11) is -7.85. The first-order chi connectivity index (χ1) is 14.5. The molecule has 0 aromatic heterocycles. The molecule has 1 atom stereocenters. The molecule has 0 fully saturated rings. The van der Waals surface area contributed by atoms with Crippen molar-refractivity contribution in [2.45, 2.75) is 89.9 Å². The standard InChI is InChI=1S/C23H35F3O4SSi/c1-16(2)32(17(3)4,18(5)6)30-20-11-8-10-19(14-20)15-22(7)13-9-12-21(22)29-31(27,28)23(24,25)26/h8,10-12,14,16-18H,9,13,15H2,1-7H3. The molecule has 0 spiro atoms. The first kappa shape index (κ1) is 26.8. The van der Waals surface area contributed by atoms with Crippen LogP contribution < -0.4 is 4.43 Å². The van der Waals surface area contributed by atoms with E-state index in [0.717, 1.165) is 11.3 Å². The van der Waals surface area contributed by atoms with E-state index in [4.69, 9.17) is 4.43 Å². The Bertz CT molecular complexity index is 917. The van der Waals surface area contributed by atoms with Gasteiger partial charge in [-0.2, -0.15) is 21.6 Å². The van der Waals surface area contributed by atoms with Crippen LogP contribution in [0.4, 0.5) is 13.2 Å². The van der Waals surface area contributed by atoms with Gasteiger partial charge in [-0.1, -0.05) is 60.6 Å². The number of rotatable bonds is 9. The fourth-order valence-electron chi connectivity index (χ4n) is 5.09. The first-order valence-electron chi connectivity index (χ1n) is 11.0. The van der Waals surface area contributed by atoms with Crippen LogP contribution in [-0.2, 0) is 20.7 Å². The highest BCUT2D eigenvalue weighted by Crippen LogP contribution is 2.46. The Kier molecular flexibility index (Phi) is 7.87. The third kappa shape index (κ3) is 5.35. The molecule has 4 nitrogen and oxygen atoms in total. The lowest BCUT2D eigenvalue weighted by Gasteiger charge is -2.42. The van der Waals surface area contributed by atoms with E-state index in [-0.39, 0.29) is 5.76 Å². The molecule has 1 aliphatic rings. The van der Waals surface area contributed by atoms with Crippen LogP contribution in [0, 0.1) is 5.41 Å². The molecular weight excluding hydrogens is 457 g/mol. The average molecular weight is 493 g/mol. The van der Waals surface area contributed by atoms with Crippen LogP contribution in [0.1, 0.15) is 66.9 Å². The predicted octanol–water partition coefficient (Wildman–Crippen LogP) is 7.33. The van der Waals surface area contributed by atoms with E-state index in [9.17, 15) is 21.6 Å². The van der Waals surface area contributed by atoms with Crippen LogP contribution in [0.25, 0.3) is 0 Å². The first-order valence-corrected chi connectivity index (χ1v) is 14.6. The van der Waals surface area contributed by atoms with E-state index >= 15 is 0 Å². The Morgan fingerprint density at radius 1 is 1.06 bits per heavy atom. The smallest absolute Gasteiger partial charge is 0.534 e. The van der Waals surface area contributed by atoms with Crippen molar-refractivity contribution in [2.24, 2.45) is 5.41 Å². The molecule has 182 valence electrons. The van der Waals surface area contributed by atoms with Crippen molar-refractivity contribution in [1.82, 2.24) is 0 Å². The summed E-state index contributed by atoms with van der Waals surface area (Å²) in [5, 5.41) is 0. The minimum absolute atomic E-state index is 0.142. The Labute approximate surface area is 191 Å². The predicted molar refractivity (Wildman–Crippen MR) is 123 cm³/mol. The highest BCUT2D eigenvalue weighted by atomic mass is 32.2. The molecule has 9 heteroatoms. The molecule has 1 unspecified atom stereocenters. The molecule has 0 saturated heterocycles. The third-order valence-electron chi connectivity index (χ3n) is 6.60. The van der Waals surface area contributed by atoms with Gasteiger partial charge in [-0.3, -0.25) is 0 Å². The Morgan fingerprint density at radius 3 is 2.12 bits per heavy atom. The molecule has 0 bridgehead atoms. The molecule has 0 amide bonds. The third-order valence-corrected chi connectivity index (χ3v) is 13.6. The van der Waals surface area contributed by atoms with Gasteiger partial charge in [0.05, 0.1) is 0 Å². The van der Waals surface area contributed by atoms with Crippen molar-refractivity contribution in [3.8, 4) is 5.75 Å². The topological polar surface area (TPSA) is 52.6 Å². The van der Waals surface area contributed by atoms with Crippen LogP contribution in [0.5, 0.6) is 5.75 Å². The summed E-state index contributed by atoms with van der Waals surface area (Å²) in [5.41, 5.74) is -4.24. The van der Waals surface area contributed by atoms with Crippen molar-refractivity contribution in [1.29, 1.82) is 0 Å². The minimum atomic E-state index is -5.69. The number of benzene rings is 1. The van der Waals surface area contributed by atoms with Crippen LogP contribution >= 0.6 is 0 Å². The summed E-state index contributed by atoms with van der Waals surface area (Å²) < 4.78 is 72.8. The lowest BCUT2D eigenvalue weighted by Crippen LogP contribution is -2.50. The van der Waals surface area contributed by atoms with Gasteiger partial charge in [-0.05, 0) is 59.7 Å². The van der Waals surface area contributed by atoms with E-state index in [2.05, 4.69) is 45.7 Å². The molecule has 1 aromatic rings. The lowest BCUT2D eigenvalue weighted by molar-refractivity contribution is -0.0531. The van der Waals surface area contributed by atoms with Crippen molar-refractivity contribution in [2.75, 3.05) is 0 Å². The molecule has 0 radical (unpaired) electrons. The quantitative estimate of drug-likeness (QED) is 0.206. The summed E-state index contributed by atoms with van der Waals surface area (Å²) in [5.74, 6) is 0.609. The van der Waals surface area contributed by atoms with Gasteiger partial charge in [-0.25, -0.2) is 0 Å². The maximum Gasteiger partial charge on any atom is 0.534 e. The van der Waals surface area contributed by atoms with Crippen LogP contribution in [0.3, 0.4) is 0 Å². The van der Waals surface area contributed by atoms with Gasteiger partial charge in [-0.15, -0.1) is 0 Å². The molecule has 2 rings (SSSR count). The Balaban J connectivity index is 2.30. The van der Waals surface area contributed by atoms with Gasteiger partial charge >= 0.3 is 15.6 Å². The fourth-order valence-corrected chi connectivity index (χ4v) is 10.9. The lowest BCUT2D eigenvalue weighted by atomic mass is 9.82. The van der Waals surface area contributed by atoms with Crippen LogP contribution in [-0.4, -0.2) is 22.2 Å². The molecule has 1 aromatic carbocycles. The van der Waals surface area contributed by atoms with Crippen molar-refractivity contribution in [3.05, 3.63) is 41.7 Å². The van der Waals surface area contributed by atoms with Crippen LogP contribution in [0.2, 0.25) is 16.6 Å². The van der Waals surface area contributed by atoms with E-state index in [0.29, 0.717) is 35.9 Å². The monoisotopic (exact) mass is 492 g/mol. The zero-order chi connectivity index (χ0) is 24.5.